The Labute approximate surface area is 730 Å². The molecule has 0 aromatic heterocycles. The molecule has 0 aromatic rings. The number of carbonyl (C=O) groups excluding carboxylic acids is 1. The van der Waals surface area contributed by atoms with Crippen LogP contribution in [0.3, 0.4) is 0 Å². The van der Waals surface area contributed by atoms with Crippen LogP contribution in [0.25, 0.3) is 0 Å². The molecule has 0 radical (unpaired) electrons. The lowest BCUT2D eigenvalue weighted by Gasteiger charge is -2.17. The molecule has 20 unspecified atom stereocenters. The summed E-state index contributed by atoms with van der Waals surface area (Å²) in [6, 6.07) is 0. The van der Waals surface area contributed by atoms with Crippen LogP contribution in [-0.4, -0.2) is 248 Å². The standard InChI is InChI=1S/C97H194O23/c1-2-3-4-5-6-7-8-9-10-11-12-13-14-15-16-74-97(119)120-76-96(118)73-35-71-94(116)69-33-67-92(114)65-31-63-90(112)61-29-59-88(110)57-27-55-86(108)53-25-51-84(106)49-23-47-82(104)45-21-43-80(102)41-19-39-78(100)37-17-36-77(99)38-18-40-79(101)42-20-44-81(103)46-22-48-83(105)50-24-52-85(107)54-26-56-87(109)58-28-60-89(111)62-30-64-91(113)66-32-68-93(115)70-34-72-95(117)75-98/h77-96,98-118H,2-76H2,1H3. The molecule has 0 aliphatic rings. The number of hydrogen-bond acceptors (Lipinski definition) is 23. The molecule has 0 fully saturated rings. The van der Waals surface area contributed by atoms with E-state index < -0.39 is 122 Å². The van der Waals surface area contributed by atoms with Crippen LogP contribution in [0.4, 0.5) is 0 Å². The minimum absolute atomic E-state index is 0.0144. The molecule has 0 aliphatic heterocycles. The predicted molar refractivity (Wildman–Crippen MR) is 481 cm³/mol. The minimum Gasteiger partial charge on any atom is -0.463 e. The van der Waals surface area contributed by atoms with Crippen LogP contribution in [0, 0.1) is 0 Å². The maximum atomic E-state index is 12.2. The predicted octanol–water partition coefficient (Wildman–Crippen LogP) is 15.2. The summed E-state index contributed by atoms with van der Waals surface area (Å²) in [4.78, 5) is 12.2. The molecule has 0 heterocycles. The number of hydrogen-bond donors (Lipinski definition) is 21. The first-order valence-corrected chi connectivity index (χ1v) is 50.1. The van der Waals surface area contributed by atoms with E-state index in [0.29, 0.717) is 372 Å². The Balaban J connectivity index is 3.81. The van der Waals surface area contributed by atoms with Gasteiger partial charge in [0.1, 0.15) is 6.61 Å². The summed E-state index contributed by atoms with van der Waals surface area (Å²) in [5, 5.41) is 217. The zero-order valence-electron chi connectivity index (χ0n) is 76.3. The Bertz CT molecular complexity index is 2110. The fourth-order valence-electron chi connectivity index (χ4n) is 16.9. The summed E-state index contributed by atoms with van der Waals surface area (Å²) in [6.45, 7) is 1.97. The molecular weight excluding hydrogens is 1530 g/mol. The Morgan fingerprint density at radius 1 is 0.167 bits per heavy atom. The lowest BCUT2D eigenvalue weighted by molar-refractivity contribution is -0.146. The molecule has 0 aromatic carbocycles. The van der Waals surface area contributed by atoms with Crippen LogP contribution in [0.1, 0.15) is 476 Å². The molecule has 0 bridgehead atoms. The lowest BCUT2D eigenvalue weighted by atomic mass is 9.97. The van der Waals surface area contributed by atoms with Gasteiger partial charge < -0.3 is 112 Å². The molecule has 0 rings (SSSR count). The van der Waals surface area contributed by atoms with Crippen molar-refractivity contribution in [3.05, 3.63) is 0 Å². The van der Waals surface area contributed by atoms with Crippen molar-refractivity contribution in [1.29, 1.82) is 0 Å². The van der Waals surface area contributed by atoms with E-state index in [2.05, 4.69) is 6.92 Å². The van der Waals surface area contributed by atoms with Gasteiger partial charge in [0.05, 0.1) is 129 Å². The molecule has 0 aliphatic carbocycles. The quantitative estimate of drug-likeness (QED) is 0.0199. The van der Waals surface area contributed by atoms with Gasteiger partial charge in [-0.1, -0.05) is 96.8 Å². The summed E-state index contributed by atoms with van der Waals surface area (Å²) in [6.07, 6.45) is 42.9. The van der Waals surface area contributed by atoms with Crippen molar-refractivity contribution in [1.82, 2.24) is 0 Å². The first-order chi connectivity index (χ1) is 57.7. The third-order valence-corrected chi connectivity index (χ3v) is 25.1. The number of ether oxygens (including phenoxy) is 1. The molecule has 0 spiro atoms. The van der Waals surface area contributed by atoms with Crippen molar-refractivity contribution in [3.63, 3.8) is 0 Å². The molecule has 0 saturated carbocycles. The van der Waals surface area contributed by atoms with Gasteiger partial charge >= 0.3 is 5.97 Å². The molecule has 21 N–H and O–H groups in total. The van der Waals surface area contributed by atoms with Gasteiger partial charge in [-0.15, -0.1) is 0 Å². The van der Waals surface area contributed by atoms with E-state index in [1.807, 2.05) is 0 Å². The van der Waals surface area contributed by atoms with Crippen molar-refractivity contribution in [3.8, 4) is 0 Å². The highest BCUT2D eigenvalue weighted by Crippen LogP contribution is 2.26. The molecule has 0 amide bonds. The van der Waals surface area contributed by atoms with Crippen molar-refractivity contribution in [2.24, 2.45) is 0 Å². The first-order valence-electron chi connectivity index (χ1n) is 50.1. The normalized spacial score (nSPS) is 17.3. The fraction of sp³-hybridized carbons (Fsp3) is 0.990. The number of rotatable bonds is 95. The highest BCUT2D eigenvalue weighted by molar-refractivity contribution is 5.69. The lowest BCUT2D eigenvalue weighted by Crippen LogP contribution is -2.19. The topological polar surface area (TPSA) is 451 Å². The van der Waals surface area contributed by atoms with Crippen LogP contribution in [0.15, 0.2) is 0 Å². The third-order valence-electron chi connectivity index (χ3n) is 25.1. The Kier molecular flexibility index (Phi) is 83.5. The van der Waals surface area contributed by atoms with E-state index in [-0.39, 0.29) is 19.2 Å². The Hall–Kier alpha value is -1.37. The van der Waals surface area contributed by atoms with Gasteiger partial charge in [-0.2, -0.15) is 0 Å². The second-order valence-electron chi connectivity index (χ2n) is 37.3. The highest BCUT2D eigenvalue weighted by Gasteiger charge is 2.21. The zero-order valence-corrected chi connectivity index (χ0v) is 76.3. The van der Waals surface area contributed by atoms with Crippen LogP contribution in [-0.2, 0) is 9.53 Å². The van der Waals surface area contributed by atoms with Crippen molar-refractivity contribution < 1.29 is 117 Å². The molecular formula is C97H194O23. The van der Waals surface area contributed by atoms with E-state index in [4.69, 9.17) is 9.84 Å². The van der Waals surface area contributed by atoms with E-state index in [1.165, 1.54) is 77.0 Å². The Morgan fingerprint density at radius 3 is 0.417 bits per heavy atom. The fourth-order valence-corrected chi connectivity index (χ4v) is 16.9. The highest BCUT2D eigenvalue weighted by atomic mass is 16.5. The number of unbranched alkanes of at least 4 members (excludes halogenated alkanes) is 14. The molecule has 23 nitrogen and oxygen atoms in total. The minimum atomic E-state index is -0.747. The SMILES string of the molecule is CCCCCCCCCCCCCCCCCC(=O)OCC(O)CCCC(O)CCCC(O)CCCC(O)CCCC(O)CCCC(O)CCCC(O)CCCC(O)CCCC(O)CCCC(O)CCCC(O)CCCC(O)CCCC(O)CCCC(O)CCCC(O)CCCC(O)CCCC(O)CCCC(O)CCCC(O)CCCC(O)CO. The van der Waals surface area contributed by atoms with Gasteiger partial charge in [-0.3, -0.25) is 4.79 Å². The van der Waals surface area contributed by atoms with E-state index in [9.17, 15) is 107 Å². The van der Waals surface area contributed by atoms with Crippen LogP contribution in [0.5, 0.6) is 0 Å². The molecule has 0 saturated heterocycles. The second kappa shape index (κ2) is 84.5. The van der Waals surface area contributed by atoms with Crippen LogP contribution >= 0.6 is 0 Å². The summed E-state index contributed by atoms with van der Waals surface area (Å²) in [7, 11) is 0. The monoisotopic (exact) mass is 1730 g/mol. The molecule has 20 atom stereocenters. The number of aliphatic hydroxyl groups is 21. The van der Waals surface area contributed by atoms with E-state index in [0.717, 1.165) is 19.3 Å². The summed E-state index contributed by atoms with van der Waals surface area (Å²) < 4.78 is 5.30. The first kappa shape index (κ1) is 119. The zero-order chi connectivity index (χ0) is 88.9. The number of carbonyl (C=O) groups is 1. The maximum Gasteiger partial charge on any atom is 0.305 e. The van der Waals surface area contributed by atoms with Crippen LogP contribution < -0.4 is 0 Å². The van der Waals surface area contributed by atoms with Gasteiger partial charge in [-0.05, 0) is 372 Å². The van der Waals surface area contributed by atoms with E-state index >= 15 is 0 Å². The maximum absolute atomic E-state index is 12.2. The average Bonchev–Trinajstić information content (AvgIpc) is 1.02. The number of aliphatic hydroxyl groups excluding tert-OH is 21. The van der Waals surface area contributed by atoms with Crippen LogP contribution in [0.2, 0.25) is 0 Å². The number of esters is 1. The van der Waals surface area contributed by atoms with Gasteiger partial charge in [0, 0.05) is 6.42 Å². The van der Waals surface area contributed by atoms with Gasteiger partial charge in [0.25, 0.3) is 0 Å². The van der Waals surface area contributed by atoms with Crippen molar-refractivity contribution >= 4 is 5.97 Å². The summed E-state index contributed by atoms with van der Waals surface area (Å²) >= 11 is 0. The van der Waals surface area contributed by atoms with Crippen molar-refractivity contribution in [2.45, 2.75) is 598 Å². The molecule has 720 valence electrons. The smallest absolute Gasteiger partial charge is 0.305 e. The van der Waals surface area contributed by atoms with Gasteiger partial charge in [-0.25, -0.2) is 0 Å². The van der Waals surface area contributed by atoms with Crippen molar-refractivity contribution in [2.75, 3.05) is 13.2 Å². The summed E-state index contributed by atoms with van der Waals surface area (Å²) in [5.74, 6) is -0.260. The Morgan fingerprint density at radius 2 is 0.283 bits per heavy atom. The third kappa shape index (κ3) is 83.5. The summed E-state index contributed by atoms with van der Waals surface area (Å²) in [5.41, 5.74) is 0. The molecule has 120 heavy (non-hydrogen) atoms. The largest absolute Gasteiger partial charge is 0.463 e. The van der Waals surface area contributed by atoms with Gasteiger partial charge in [0.2, 0.25) is 0 Å². The van der Waals surface area contributed by atoms with Gasteiger partial charge in [0.15, 0.2) is 0 Å². The second-order valence-corrected chi connectivity index (χ2v) is 37.3. The molecule has 23 heteroatoms. The van der Waals surface area contributed by atoms with E-state index in [1.54, 1.807) is 0 Å². The average molecular weight is 1730 g/mol.